The topological polar surface area (TPSA) is 18.5 Å². The minimum absolute atomic E-state index is 0.612. The van der Waals surface area contributed by atoms with E-state index in [0.29, 0.717) is 6.04 Å². The van der Waals surface area contributed by atoms with Gasteiger partial charge in [-0.1, -0.05) is 13.0 Å². The molecule has 4 heteroatoms. The first kappa shape index (κ1) is 14.5. The Morgan fingerprint density at radius 2 is 2.00 bits per heavy atom. The van der Waals surface area contributed by atoms with Gasteiger partial charge in [-0.25, -0.2) is 0 Å². The molecule has 1 aromatic heterocycles. The van der Waals surface area contributed by atoms with Crippen LogP contribution in [-0.2, 0) is 0 Å². The van der Waals surface area contributed by atoms with Crippen LogP contribution in [-0.4, -0.2) is 55.6 Å². The summed E-state index contributed by atoms with van der Waals surface area (Å²) in [5.74, 6) is 0.912. The molecule has 3 rings (SSSR count). The van der Waals surface area contributed by atoms with Crippen LogP contribution in [0.2, 0.25) is 0 Å². The third kappa shape index (κ3) is 3.61. The molecule has 2 fully saturated rings. The van der Waals surface area contributed by atoms with Gasteiger partial charge in [0.05, 0.1) is 6.04 Å². The molecule has 1 unspecified atom stereocenters. The van der Waals surface area contributed by atoms with Crippen LogP contribution in [0.15, 0.2) is 17.5 Å². The second kappa shape index (κ2) is 7.03. The van der Waals surface area contributed by atoms with Gasteiger partial charge >= 0.3 is 0 Å². The zero-order chi connectivity index (χ0) is 13.8. The van der Waals surface area contributed by atoms with Crippen LogP contribution >= 0.6 is 11.3 Å². The Kier molecular flexibility index (Phi) is 5.10. The van der Waals surface area contributed by atoms with Crippen molar-refractivity contribution in [3.05, 3.63) is 22.4 Å². The highest BCUT2D eigenvalue weighted by atomic mass is 32.1. The highest BCUT2D eigenvalue weighted by Gasteiger charge is 2.27. The van der Waals surface area contributed by atoms with Crippen molar-refractivity contribution in [2.75, 3.05) is 45.8 Å². The lowest BCUT2D eigenvalue weighted by Gasteiger charge is -2.39. The van der Waals surface area contributed by atoms with Gasteiger partial charge < -0.3 is 5.32 Å². The Bertz CT molecular complexity index is 378. The normalized spacial score (nSPS) is 24.9. The standard InChI is InChI=1S/C16H27N3S/c1-14-4-8-19(9-5-14)15(16-3-2-12-20-16)13-18-10-6-17-7-11-18/h2-3,12,14-15,17H,4-11,13H2,1H3. The molecule has 0 saturated carbocycles. The summed E-state index contributed by atoms with van der Waals surface area (Å²) in [4.78, 5) is 6.92. The number of nitrogens with one attached hydrogen (secondary N) is 1. The van der Waals surface area contributed by atoms with Crippen molar-refractivity contribution in [1.29, 1.82) is 0 Å². The molecule has 2 saturated heterocycles. The molecule has 20 heavy (non-hydrogen) atoms. The van der Waals surface area contributed by atoms with Gasteiger partial charge in [-0.2, -0.15) is 0 Å². The number of thiophene rings is 1. The fourth-order valence-electron chi connectivity index (χ4n) is 3.34. The van der Waals surface area contributed by atoms with E-state index >= 15 is 0 Å². The number of rotatable bonds is 4. The van der Waals surface area contributed by atoms with Crippen molar-refractivity contribution in [3.63, 3.8) is 0 Å². The first-order chi connectivity index (χ1) is 9.83. The van der Waals surface area contributed by atoms with Gasteiger partial charge in [0.15, 0.2) is 0 Å². The highest BCUT2D eigenvalue weighted by Crippen LogP contribution is 2.30. The van der Waals surface area contributed by atoms with E-state index in [1.807, 2.05) is 11.3 Å². The van der Waals surface area contributed by atoms with Crippen molar-refractivity contribution in [2.45, 2.75) is 25.8 Å². The molecule has 2 aliphatic rings. The van der Waals surface area contributed by atoms with Crippen molar-refractivity contribution in [2.24, 2.45) is 5.92 Å². The first-order valence-electron chi connectivity index (χ1n) is 8.03. The molecule has 112 valence electrons. The Morgan fingerprint density at radius 3 is 2.65 bits per heavy atom. The summed E-state index contributed by atoms with van der Waals surface area (Å²) >= 11 is 1.93. The van der Waals surface area contributed by atoms with Crippen LogP contribution in [0.5, 0.6) is 0 Å². The van der Waals surface area contributed by atoms with Gasteiger partial charge in [-0.15, -0.1) is 11.3 Å². The lowest BCUT2D eigenvalue weighted by molar-refractivity contribution is 0.0987. The van der Waals surface area contributed by atoms with Crippen molar-refractivity contribution in [1.82, 2.24) is 15.1 Å². The predicted octanol–water partition coefficient (Wildman–Crippen LogP) is 2.43. The quantitative estimate of drug-likeness (QED) is 0.920. The Morgan fingerprint density at radius 1 is 1.25 bits per heavy atom. The smallest absolute Gasteiger partial charge is 0.0569 e. The molecule has 0 amide bonds. The molecule has 1 N–H and O–H groups in total. The van der Waals surface area contributed by atoms with Crippen LogP contribution in [0.3, 0.4) is 0 Å². The first-order valence-corrected chi connectivity index (χ1v) is 8.91. The van der Waals surface area contributed by atoms with E-state index in [4.69, 9.17) is 0 Å². The van der Waals surface area contributed by atoms with Crippen LogP contribution in [0.1, 0.15) is 30.7 Å². The third-order valence-corrected chi connectivity index (χ3v) is 5.74. The number of hydrogen-bond donors (Lipinski definition) is 1. The van der Waals surface area contributed by atoms with Gasteiger partial charge in [0.25, 0.3) is 0 Å². The van der Waals surface area contributed by atoms with Gasteiger partial charge in [0.2, 0.25) is 0 Å². The van der Waals surface area contributed by atoms with E-state index in [0.717, 1.165) is 19.0 Å². The molecule has 1 aromatic rings. The molecule has 0 bridgehead atoms. The number of hydrogen-bond acceptors (Lipinski definition) is 4. The fourth-order valence-corrected chi connectivity index (χ4v) is 4.20. The lowest BCUT2D eigenvalue weighted by Crippen LogP contribution is -2.48. The average Bonchev–Trinajstić information content (AvgIpc) is 3.01. The van der Waals surface area contributed by atoms with Crippen LogP contribution in [0.25, 0.3) is 0 Å². The van der Waals surface area contributed by atoms with Crippen LogP contribution in [0.4, 0.5) is 0 Å². The summed E-state index contributed by atoms with van der Waals surface area (Å²) < 4.78 is 0. The van der Waals surface area contributed by atoms with E-state index in [2.05, 4.69) is 39.6 Å². The molecule has 3 nitrogen and oxygen atoms in total. The van der Waals surface area contributed by atoms with Crippen molar-refractivity contribution >= 4 is 11.3 Å². The predicted molar refractivity (Wildman–Crippen MR) is 86.3 cm³/mol. The molecule has 0 aliphatic carbocycles. The zero-order valence-electron chi connectivity index (χ0n) is 12.6. The zero-order valence-corrected chi connectivity index (χ0v) is 13.4. The highest BCUT2D eigenvalue weighted by molar-refractivity contribution is 7.10. The lowest BCUT2D eigenvalue weighted by atomic mass is 9.97. The molecular formula is C16H27N3S. The Labute approximate surface area is 127 Å². The molecule has 2 aliphatic heterocycles. The molecular weight excluding hydrogens is 266 g/mol. The molecule has 0 radical (unpaired) electrons. The second-order valence-electron chi connectivity index (χ2n) is 6.30. The summed E-state index contributed by atoms with van der Waals surface area (Å²) in [6.45, 7) is 10.8. The summed E-state index contributed by atoms with van der Waals surface area (Å²) in [7, 11) is 0. The Hall–Kier alpha value is -0.420. The van der Waals surface area contributed by atoms with Gasteiger partial charge in [0, 0.05) is 37.6 Å². The maximum Gasteiger partial charge on any atom is 0.0569 e. The summed E-state index contributed by atoms with van der Waals surface area (Å²) in [5.41, 5.74) is 0. The SMILES string of the molecule is CC1CCN(C(CN2CCNCC2)c2cccs2)CC1. The van der Waals surface area contributed by atoms with Crippen molar-refractivity contribution < 1.29 is 0 Å². The largest absolute Gasteiger partial charge is 0.314 e. The number of nitrogens with zero attached hydrogens (tertiary/aromatic N) is 2. The van der Waals surface area contributed by atoms with E-state index in [1.54, 1.807) is 4.88 Å². The van der Waals surface area contributed by atoms with E-state index < -0.39 is 0 Å². The minimum atomic E-state index is 0.612. The van der Waals surface area contributed by atoms with E-state index in [1.165, 1.54) is 45.6 Å². The maximum absolute atomic E-state index is 3.46. The number of piperazine rings is 1. The fraction of sp³-hybridized carbons (Fsp3) is 0.750. The van der Waals surface area contributed by atoms with Crippen molar-refractivity contribution in [3.8, 4) is 0 Å². The van der Waals surface area contributed by atoms with Gasteiger partial charge in [-0.05, 0) is 43.3 Å². The summed E-state index contributed by atoms with van der Waals surface area (Å²) in [6.07, 6.45) is 2.73. The van der Waals surface area contributed by atoms with Gasteiger partial charge in [-0.3, -0.25) is 9.80 Å². The summed E-state index contributed by atoms with van der Waals surface area (Å²) in [6, 6.07) is 5.15. The van der Waals surface area contributed by atoms with E-state index in [9.17, 15) is 0 Å². The maximum atomic E-state index is 3.46. The average molecular weight is 293 g/mol. The third-order valence-electron chi connectivity index (χ3n) is 4.77. The minimum Gasteiger partial charge on any atom is -0.314 e. The van der Waals surface area contributed by atoms with Crippen LogP contribution in [0, 0.1) is 5.92 Å². The second-order valence-corrected chi connectivity index (χ2v) is 7.28. The number of piperidine rings is 1. The van der Waals surface area contributed by atoms with Gasteiger partial charge in [0.1, 0.15) is 0 Å². The number of likely N-dealkylation sites (tertiary alicyclic amines) is 1. The monoisotopic (exact) mass is 293 g/mol. The summed E-state index contributed by atoms with van der Waals surface area (Å²) in [5, 5.41) is 5.68. The van der Waals surface area contributed by atoms with Crippen LogP contribution < -0.4 is 5.32 Å². The molecule has 0 aromatic carbocycles. The molecule has 3 heterocycles. The Balaban J connectivity index is 1.67. The molecule has 1 atom stereocenters. The molecule has 0 spiro atoms. The van der Waals surface area contributed by atoms with E-state index in [-0.39, 0.29) is 0 Å².